The third kappa shape index (κ3) is 20.0. The quantitative estimate of drug-likeness (QED) is 0.165. The Bertz CT molecular complexity index is 1040. The molecule has 2 heteroatoms. The molecular weight excluding hydrogens is 646 g/mol. The summed E-state index contributed by atoms with van der Waals surface area (Å²) in [5, 5.41) is 0. The predicted octanol–water partition coefficient (Wildman–Crippen LogP) is 11.4. The van der Waals surface area contributed by atoms with Gasteiger partial charge in [-0.1, -0.05) is 78.8 Å². The van der Waals surface area contributed by atoms with Crippen LogP contribution in [-0.4, -0.2) is 0 Å². The van der Waals surface area contributed by atoms with Crippen LogP contribution >= 0.6 is 0 Å². The van der Waals surface area contributed by atoms with E-state index in [0.29, 0.717) is 5.92 Å². The summed E-state index contributed by atoms with van der Waals surface area (Å²) in [5.74, 6) is 1.49. The van der Waals surface area contributed by atoms with Crippen LogP contribution in [0.3, 0.4) is 0 Å². The van der Waals surface area contributed by atoms with E-state index in [0.717, 1.165) is 28.2 Å². The van der Waals surface area contributed by atoms with E-state index >= 15 is 0 Å². The molecule has 5 aromatic rings. The van der Waals surface area contributed by atoms with E-state index in [1.165, 1.54) is 5.56 Å². The van der Waals surface area contributed by atoms with Gasteiger partial charge in [-0.3, -0.25) is 0 Å². The molecule has 0 aliphatic rings. The van der Waals surface area contributed by atoms with Crippen molar-refractivity contribution in [3.63, 3.8) is 0 Å². The van der Waals surface area contributed by atoms with Crippen molar-refractivity contribution in [2.45, 2.75) is 54.4 Å². The Morgan fingerprint density at radius 3 is 0.805 bits per heavy atom. The Morgan fingerprint density at radius 1 is 0.390 bits per heavy atom. The predicted molar refractivity (Wildman–Crippen MR) is 171 cm³/mol. The average molecular weight is 691 g/mol. The van der Waals surface area contributed by atoms with Gasteiger partial charge in [-0.15, -0.1) is 24.3 Å². The van der Waals surface area contributed by atoms with Gasteiger partial charge in [-0.2, -0.15) is 97.1 Å². The van der Waals surface area contributed by atoms with E-state index in [4.69, 9.17) is 0 Å². The van der Waals surface area contributed by atoms with Crippen LogP contribution < -0.4 is 0 Å². The second kappa shape index (κ2) is 27.2. The largest absolute Gasteiger partial charge is 0.226 e. The Morgan fingerprint density at radius 2 is 0.634 bits per heavy atom. The van der Waals surface area contributed by atoms with Gasteiger partial charge in [0, 0.05) is 65.4 Å². The van der Waals surface area contributed by atoms with Crippen molar-refractivity contribution in [2.24, 2.45) is 5.92 Å². The topological polar surface area (TPSA) is 0 Å². The van der Waals surface area contributed by atoms with Gasteiger partial charge < -0.3 is 0 Å². The van der Waals surface area contributed by atoms with E-state index in [1.807, 2.05) is 117 Å². The maximum absolute atomic E-state index is 3.15. The smallest absolute Gasteiger partial charge is 0 e. The molecule has 0 aliphatic carbocycles. The number of hydrogen-bond donors (Lipinski definition) is 0. The first-order chi connectivity index (χ1) is 19.0. The molecule has 2 radical (unpaired) electrons. The van der Waals surface area contributed by atoms with Gasteiger partial charge in [0.25, 0.3) is 0 Å². The van der Waals surface area contributed by atoms with Crippen LogP contribution in [0.2, 0.25) is 0 Å². The summed E-state index contributed by atoms with van der Waals surface area (Å²) >= 11 is 0. The molecule has 0 amide bonds. The number of hydrogen-bond acceptors (Lipinski definition) is 0. The van der Waals surface area contributed by atoms with Crippen LogP contribution in [0.4, 0.5) is 0 Å². The second-order valence-corrected chi connectivity index (χ2v) is 9.40. The molecule has 5 rings (SSSR count). The summed E-state index contributed by atoms with van der Waals surface area (Å²) in [4.78, 5) is 0. The minimum Gasteiger partial charge on any atom is -0.226 e. The van der Waals surface area contributed by atoms with Crippen molar-refractivity contribution in [3.8, 4) is 22.3 Å². The van der Waals surface area contributed by atoms with Crippen molar-refractivity contribution in [2.75, 3.05) is 0 Å². The molecule has 0 aliphatic heterocycles. The van der Waals surface area contributed by atoms with Crippen LogP contribution in [0.15, 0.2) is 127 Å². The molecule has 0 nitrogen and oxygen atoms in total. The fourth-order valence-electron chi connectivity index (χ4n) is 3.08. The Hall–Kier alpha value is -1.69. The van der Waals surface area contributed by atoms with Gasteiger partial charge in [-0.25, -0.2) is 22.3 Å². The summed E-state index contributed by atoms with van der Waals surface area (Å²) in [6, 6.07) is 54.8. The van der Waals surface area contributed by atoms with Crippen LogP contribution in [0.5, 0.6) is 0 Å². The van der Waals surface area contributed by atoms with E-state index in [1.54, 1.807) is 0 Å². The van der Waals surface area contributed by atoms with Gasteiger partial charge in [-0.05, 0) is 17.4 Å². The number of benzene rings is 5. The Kier molecular flexibility index (Phi) is 27.5. The molecule has 0 atom stereocenters. The molecule has 210 valence electrons. The Labute approximate surface area is 302 Å². The fraction of sp³-hybridized carbons (Fsp3) is 0.231. The molecule has 0 N–H and O–H groups in total. The van der Waals surface area contributed by atoms with Crippen molar-refractivity contribution in [1.29, 1.82) is 0 Å². The SMILES string of the molecule is CC.CC(C)C.CC(C)c1ccccc1.[Y].[Y].[c-]1ccccc1-c1[c-]cccc1.[c-]1ccccc1-c1[c-]cccc1. The summed E-state index contributed by atoms with van der Waals surface area (Å²) in [6.07, 6.45) is 0. The normalized spacial score (nSPS) is 8.90. The first-order valence-electron chi connectivity index (χ1n) is 13.9. The summed E-state index contributed by atoms with van der Waals surface area (Å²) in [6.45, 7) is 14.9. The number of rotatable bonds is 3. The minimum atomic E-state index is 0. The third-order valence-corrected chi connectivity index (χ3v) is 4.88. The standard InChI is InChI=1S/2C12H8.C9H12.C4H10.C2H6.2Y/c2*1-3-7-11(8-4-1)12-9-5-2-6-10-12;1-8(2)9-6-4-3-5-7-9;1-4(2)3;1-2;;/h2*1-7,9H;3-8H,1-2H3;4H,1-3H3;1-2H3;;/q2*-2;;;;;. The molecule has 0 heterocycles. The molecule has 0 aromatic heterocycles. The molecule has 0 unspecified atom stereocenters. The van der Waals surface area contributed by atoms with Crippen molar-refractivity contribution in [3.05, 3.63) is 157 Å². The van der Waals surface area contributed by atoms with Crippen LogP contribution in [0.1, 0.15) is 59.9 Å². The zero-order chi connectivity index (χ0) is 28.7. The Balaban J connectivity index is 0. The summed E-state index contributed by atoms with van der Waals surface area (Å²) < 4.78 is 0. The fourth-order valence-corrected chi connectivity index (χ4v) is 3.08. The van der Waals surface area contributed by atoms with Crippen molar-refractivity contribution in [1.82, 2.24) is 0 Å². The van der Waals surface area contributed by atoms with Crippen LogP contribution in [-0.2, 0) is 65.4 Å². The van der Waals surface area contributed by atoms with E-state index in [9.17, 15) is 0 Å². The van der Waals surface area contributed by atoms with E-state index in [2.05, 4.69) is 83.1 Å². The molecule has 0 spiro atoms. The van der Waals surface area contributed by atoms with Crippen molar-refractivity contribution >= 4 is 0 Å². The maximum Gasteiger partial charge on any atom is 0 e. The summed E-state index contributed by atoms with van der Waals surface area (Å²) in [5.41, 5.74) is 5.80. The van der Waals surface area contributed by atoms with Crippen molar-refractivity contribution < 1.29 is 65.4 Å². The first-order valence-corrected chi connectivity index (χ1v) is 13.9. The molecule has 0 saturated heterocycles. The van der Waals surface area contributed by atoms with Crippen LogP contribution in [0, 0.1) is 30.2 Å². The average Bonchev–Trinajstić information content (AvgIpc) is 3.01. The molecule has 0 fully saturated rings. The van der Waals surface area contributed by atoms with Gasteiger partial charge in [0.2, 0.25) is 0 Å². The van der Waals surface area contributed by atoms with E-state index < -0.39 is 0 Å². The third-order valence-electron chi connectivity index (χ3n) is 4.88. The maximum atomic E-state index is 3.15. The van der Waals surface area contributed by atoms with Gasteiger partial charge in [0.05, 0.1) is 0 Å². The zero-order valence-electron chi connectivity index (χ0n) is 25.9. The monoisotopic (exact) mass is 690 g/mol. The van der Waals surface area contributed by atoms with Gasteiger partial charge in [0.1, 0.15) is 0 Å². The van der Waals surface area contributed by atoms with Gasteiger partial charge >= 0.3 is 0 Å². The van der Waals surface area contributed by atoms with E-state index in [-0.39, 0.29) is 65.4 Å². The van der Waals surface area contributed by atoms with Gasteiger partial charge in [0.15, 0.2) is 0 Å². The molecule has 41 heavy (non-hydrogen) atoms. The zero-order valence-corrected chi connectivity index (χ0v) is 31.6. The first kappa shape index (κ1) is 41.4. The molecule has 0 bridgehead atoms. The molecule has 5 aromatic carbocycles. The summed E-state index contributed by atoms with van der Waals surface area (Å²) in [7, 11) is 0. The minimum absolute atomic E-state index is 0. The molecule has 0 saturated carbocycles. The molecular formula is C39H44Y2-4. The second-order valence-electron chi connectivity index (χ2n) is 9.40. The van der Waals surface area contributed by atoms with Crippen LogP contribution in [0.25, 0.3) is 22.3 Å².